The van der Waals surface area contributed by atoms with Gasteiger partial charge >= 0.3 is 0 Å². The maximum Gasteiger partial charge on any atom is 0.262 e. The molecule has 0 aliphatic rings. The van der Waals surface area contributed by atoms with Crippen molar-refractivity contribution in [1.82, 2.24) is 14.4 Å². The summed E-state index contributed by atoms with van der Waals surface area (Å²) in [6.45, 7) is 2.05. The van der Waals surface area contributed by atoms with Crippen molar-refractivity contribution in [3.8, 4) is 0 Å². The van der Waals surface area contributed by atoms with Crippen molar-refractivity contribution in [2.45, 2.75) is 19.8 Å². The summed E-state index contributed by atoms with van der Waals surface area (Å²) in [5, 5.41) is 0. The number of aromatic amines is 1. The molecule has 68 valence electrons. The number of rotatable bonds is 2. The molecule has 13 heavy (non-hydrogen) atoms. The summed E-state index contributed by atoms with van der Waals surface area (Å²) in [6.07, 6.45) is 6.81. The van der Waals surface area contributed by atoms with Crippen molar-refractivity contribution in [1.29, 1.82) is 0 Å². The van der Waals surface area contributed by atoms with Gasteiger partial charge in [0.05, 0.1) is 0 Å². The highest BCUT2D eigenvalue weighted by Gasteiger charge is 2.03. The van der Waals surface area contributed by atoms with Crippen LogP contribution in [0.1, 0.15) is 18.9 Å². The first-order valence-corrected chi connectivity index (χ1v) is 4.36. The third kappa shape index (κ3) is 1.24. The molecule has 0 fully saturated rings. The van der Waals surface area contributed by atoms with E-state index in [0.717, 1.165) is 18.4 Å². The molecular formula is C9H11N3O. The summed E-state index contributed by atoms with van der Waals surface area (Å²) in [7, 11) is 0. The van der Waals surface area contributed by atoms with Crippen LogP contribution in [-0.2, 0) is 6.42 Å². The minimum Gasteiger partial charge on any atom is -0.330 e. The molecule has 4 nitrogen and oxygen atoms in total. The van der Waals surface area contributed by atoms with Gasteiger partial charge in [-0.2, -0.15) is 0 Å². The van der Waals surface area contributed by atoms with E-state index in [9.17, 15) is 4.79 Å². The lowest BCUT2D eigenvalue weighted by Crippen LogP contribution is -2.17. The Labute approximate surface area is 75.2 Å². The van der Waals surface area contributed by atoms with Crippen molar-refractivity contribution >= 4 is 5.78 Å². The molecule has 0 radical (unpaired) electrons. The van der Waals surface area contributed by atoms with Crippen LogP contribution in [0.25, 0.3) is 5.78 Å². The number of hydrogen-bond donors (Lipinski definition) is 1. The lowest BCUT2D eigenvalue weighted by molar-refractivity contribution is 0.875. The standard InChI is InChI=1S/C9H11N3O/c1-2-3-7-6-11-9-10-4-5-12(9)8(7)13/h4-6H,2-3H2,1H3,(H,10,11). The van der Waals surface area contributed by atoms with Crippen molar-refractivity contribution in [2.24, 2.45) is 0 Å². The minimum atomic E-state index is 0.0353. The van der Waals surface area contributed by atoms with Crippen LogP contribution in [-0.4, -0.2) is 14.4 Å². The van der Waals surface area contributed by atoms with Crippen molar-refractivity contribution in [2.75, 3.05) is 0 Å². The highest BCUT2D eigenvalue weighted by Crippen LogP contribution is 1.97. The molecule has 0 saturated carbocycles. The summed E-state index contributed by atoms with van der Waals surface area (Å²) in [5.41, 5.74) is 0.813. The lowest BCUT2D eigenvalue weighted by atomic mass is 10.2. The fraction of sp³-hybridized carbons (Fsp3) is 0.333. The fourth-order valence-electron chi connectivity index (χ4n) is 1.38. The molecule has 1 N–H and O–H groups in total. The topological polar surface area (TPSA) is 50.2 Å². The van der Waals surface area contributed by atoms with Crippen LogP contribution in [0.5, 0.6) is 0 Å². The van der Waals surface area contributed by atoms with Crippen molar-refractivity contribution < 1.29 is 0 Å². The monoisotopic (exact) mass is 177 g/mol. The number of nitrogens with one attached hydrogen (secondary N) is 1. The van der Waals surface area contributed by atoms with Gasteiger partial charge in [-0.25, -0.2) is 4.98 Å². The number of hydrogen-bond acceptors (Lipinski definition) is 2. The predicted octanol–water partition coefficient (Wildman–Crippen LogP) is 0.975. The summed E-state index contributed by atoms with van der Waals surface area (Å²) in [4.78, 5) is 18.7. The SMILES string of the molecule is CCCc1cnc2[nH]ccn2c1=O. The Balaban J connectivity index is 2.67. The molecule has 2 aromatic rings. The quantitative estimate of drug-likeness (QED) is 0.743. The molecule has 2 rings (SSSR count). The van der Waals surface area contributed by atoms with Crippen molar-refractivity contribution in [3.05, 3.63) is 34.5 Å². The van der Waals surface area contributed by atoms with Crippen LogP contribution in [0.3, 0.4) is 0 Å². The van der Waals surface area contributed by atoms with E-state index in [1.165, 1.54) is 4.40 Å². The molecule has 0 aromatic carbocycles. The number of nitrogens with zero attached hydrogens (tertiary/aromatic N) is 2. The second-order valence-corrected chi connectivity index (χ2v) is 2.99. The van der Waals surface area contributed by atoms with E-state index < -0.39 is 0 Å². The molecule has 0 spiro atoms. The van der Waals surface area contributed by atoms with E-state index in [-0.39, 0.29) is 5.56 Å². The van der Waals surface area contributed by atoms with Crippen molar-refractivity contribution in [3.63, 3.8) is 0 Å². The van der Waals surface area contributed by atoms with Crippen LogP contribution in [0.2, 0.25) is 0 Å². The third-order valence-electron chi connectivity index (χ3n) is 2.02. The number of aryl methyl sites for hydroxylation is 1. The van der Waals surface area contributed by atoms with E-state index in [1.54, 1.807) is 18.6 Å². The largest absolute Gasteiger partial charge is 0.330 e. The molecule has 2 aromatic heterocycles. The van der Waals surface area contributed by atoms with Gasteiger partial charge in [-0.1, -0.05) is 13.3 Å². The lowest BCUT2D eigenvalue weighted by Gasteiger charge is -1.97. The maximum absolute atomic E-state index is 11.7. The van der Waals surface area contributed by atoms with Crippen LogP contribution < -0.4 is 5.56 Å². The van der Waals surface area contributed by atoms with Gasteiger partial charge in [-0.05, 0) is 6.42 Å². The molecule has 0 saturated heterocycles. The summed E-state index contributed by atoms with van der Waals surface area (Å²) < 4.78 is 1.53. The fourth-order valence-corrected chi connectivity index (χ4v) is 1.38. The number of imidazole rings is 1. The zero-order chi connectivity index (χ0) is 9.26. The normalized spacial score (nSPS) is 10.8. The first kappa shape index (κ1) is 8.04. The van der Waals surface area contributed by atoms with Gasteiger partial charge in [-0.3, -0.25) is 9.20 Å². The van der Waals surface area contributed by atoms with Gasteiger partial charge in [-0.15, -0.1) is 0 Å². The molecule has 0 aliphatic heterocycles. The Kier molecular flexibility index (Phi) is 1.88. The Morgan fingerprint density at radius 3 is 3.23 bits per heavy atom. The summed E-state index contributed by atoms with van der Waals surface area (Å²) in [6, 6.07) is 0. The van der Waals surface area contributed by atoms with E-state index in [1.807, 2.05) is 6.92 Å². The second-order valence-electron chi connectivity index (χ2n) is 2.99. The molecule has 0 aliphatic carbocycles. The van der Waals surface area contributed by atoms with Gasteiger partial charge < -0.3 is 4.98 Å². The molecule has 0 atom stereocenters. The molecular weight excluding hydrogens is 166 g/mol. The van der Waals surface area contributed by atoms with Gasteiger partial charge in [0.15, 0.2) is 0 Å². The van der Waals surface area contributed by atoms with E-state index >= 15 is 0 Å². The zero-order valence-corrected chi connectivity index (χ0v) is 7.45. The third-order valence-corrected chi connectivity index (χ3v) is 2.02. The number of aromatic nitrogens is 3. The summed E-state index contributed by atoms with van der Waals surface area (Å²) in [5.74, 6) is 0.602. The predicted molar refractivity (Wildman–Crippen MR) is 49.8 cm³/mol. The highest BCUT2D eigenvalue weighted by atomic mass is 16.1. The smallest absolute Gasteiger partial charge is 0.262 e. The van der Waals surface area contributed by atoms with Crippen LogP contribution >= 0.6 is 0 Å². The van der Waals surface area contributed by atoms with Crippen LogP contribution in [0.4, 0.5) is 0 Å². The Morgan fingerprint density at radius 2 is 2.46 bits per heavy atom. The van der Waals surface area contributed by atoms with E-state index in [0.29, 0.717) is 5.78 Å². The van der Waals surface area contributed by atoms with Gasteiger partial charge in [0.2, 0.25) is 5.78 Å². The summed E-state index contributed by atoms with van der Waals surface area (Å²) >= 11 is 0. The second kappa shape index (κ2) is 3.05. The molecule has 0 bridgehead atoms. The number of fused-ring (bicyclic) bond motifs is 1. The van der Waals surface area contributed by atoms with E-state index in [4.69, 9.17) is 0 Å². The first-order valence-electron chi connectivity index (χ1n) is 4.36. The van der Waals surface area contributed by atoms with Crippen LogP contribution in [0.15, 0.2) is 23.4 Å². The van der Waals surface area contributed by atoms with Gasteiger partial charge in [0.1, 0.15) is 0 Å². The minimum absolute atomic E-state index is 0.0353. The Morgan fingerprint density at radius 1 is 1.62 bits per heavy atom. The molecule has 0 unspecified atom stereocenters. The zero-order valence-electron chi connectivity index (χ0n) is 7.45. The Hall–Kier alpha value is -1.58. The van der Waals surface area contributed by atoms with Gasteiger partial charge in [0.25, 0.3) is 5.56 Å². The van der Waals surface area contributed by atoms with E-state index in [2.05, 4.69) is 9.97 Å². The molecule has 4 heteroatoms. The number of H-pyrrole nitrogens is 1. The molecule has 2 heterocycles. The average molecular weight is 177 g/mol. The molecule has 0 amide bonds. The highest BCUT2D eigenvalue weighted by molar-refractivity contribution is 5.28. The first-order chi connectivity index (χ1) is 6.33. The Bertz CT molecular complexity index is 469. The maximum atomic E-state index is 11.7. The average Bonchev–Trinajstić information content (AvgIpc) is 2.58. The van der Waals surface area contributed by atoms with Gasteiger partial charge in [0, 0.05) is 24.2 Å². The van der Waals surface area contributed by atoms with Crippen LogP contribution in [0, 0.1) is 0 Å².